The minimum Gasteiger partial charge on any atom is -0.367 e. The molecule has 0 amide bonds. The molecule has 0 spiro atoms. The van der Waals surface area contributed by atoms with E-state index in [2.05, 4.69) is 47.8 Å². The van der Waals surface area contributed by atoms with Crippen molar-refractivity contribution in [3.05, 3.63) is 22.9 Å². The van der Waals surface area contributed by atoms with E-state index in [0.717, 1.165) is 16.3 Å². The smallest absolute Gasteiger partial charge is 0.0592 e. The van der Waals surface area contributed by atoms with Gasteiger partial charge in [-0.15, -0.1) is 0 Å². The zero-order valence-electron chi connectivity index (χ0n) is 8.50. The van der Waals surface area contributed by atoms with Gasteiger partial charge in [-0.2, -0.15) is 0 Å². The predicted octanol–water partition coefficient (Wildman–Crippen LogP) is 3.60. The molecule has 1 atom stereocenters. The predicted molar refractivity (Wildman–Crippen MR) is 70.7 cm³/mol. The summed E-state index contributed by atoms with van der Waals surface area (Å²) in [5.74, 6) is 0. The van der Waals surface area contributed by atoms with E-state index < -0.39 is 0 Å². The Morgan fingerprint density at radius 2 is 2.33 bits per heavy atom. The fourth-order valence-electron chi connectivity index (χ4n) is 2.08. The molecule has 2 nitrogen and oxygen atoms in total. The van der Waals surface area contributed by atoms with E-state index in [1.165, 1.54) is 24.9 Å². The van der Waals surface area contributed by atoms with Gasteiger partial charge in [-0.1, -0.05) is 15.9 Å². The standard InChI is InChI=1S/C11H14Br2N2/c12-7-9-3-1-2-6-15(9)11-4-5-14-8-10(11)13/h4-5,8-9H,1-3,6-7H2. The number of hydrogen-bond donors (Lipinski definition) is 0. The van der Waals surface area contributed by atoms with E-state index in [1.807, 2.05) is 12.4 Å². The number of nitrogens with zero attached hydrogens (tertiary/aromatic N) is 2. The van der Waals surface area contributed by atoms with E-state index >= 15 is 0 Å². The molecule has 0 bridgehead atoms. The molecule has 1 aromatic heterocycles. The molecule has 0 saturated carbocycles. The lowest BCUT2D eigenvalue weighted by Gasteiger charge is -2.37. The van der Waals surface area contributed by atoms with Crippen LogP contribution in [0.5, 0.6) is 0 Å². The monoisotopic (exact) mass is 332 g/mol. The summed E-state index contributed by atoms with van der Waals surface area (Å²) in [6.45, 7) is 1.15. The van der Waals surface area contributed by atoms with Crippen LogP contribution >= 0.6 is 31.9 Å². The van der Waals surface area contributed by atoms with E-state index in [1.54, 1.807) is 0 Å². The van der Waals surface area contributed by atoms with Crippen LogP contribution in [-0.4, -0.2) is 22.9 Å². The first-order valence-electron chi connectivity index (χ1n) is 5.25. The van der Waals surface area contributed by atoms with Crippen LogP contribution in [0.3, 0.4) is 0 Å². The zero-order chi connectivity index (χ0) is 10.7. The Morgan fingerprint density at radius 3 is 3.07 bits per heavy atom. The molecule has 1 unspecified atom stereocenters. The molecule has 1 aromatic rings. The van der Waals surface area contributed by atoms with Gasteiger partial charge in [-0.05, 0) is 41.3 Å². The van der Waals surface area contributed by atoms with Gasteiger partial charge in [0.1, 0.15) is 0 Å². The maximum atomic E-state index is 4.11. The third-order valence-electron chi connectivity index (χ3n) is 2.87. The number of hydrogen-bond acceptors (Lipinski definition) is 2. The third-order valence-corrected chi connectivity index (χ3v) is 4.22. The number of rotatable bonds is 2. The van der Waals surface area contributed by atoms with Crippen molar-refractivity contribution < 1.29 is 0 Å². The first-order chi connectivity index (χ1) is 7.33. The quantitative estimate of drug-likeness (QED) is 0.769. The van der Waals surface area contributed by atoms with Gasteiger partial charge >= 0.3 is 0 Å². The van der Waals surface area contributed by atoms with Gasteiger partial charge in [0.2, 0.25) is 0 Å². The van der Waals surface area contributed by atoms with Crippen LogP contribution in [0.2, 0.25) is 0 Å². The van der Waals surface area contributed by atoms with E-state index in [-0.39, 0.29) is 0 Å². The second kappa shape index (κ2) is 5.30. The first kappa shape index (κ1) is 11.4. The van der Waals surface area contributed by atoms with Crippen molar-refractivity contribution in [2.75, 3.05) is 16.8 Å². The number of piperidine rings is 1. The molecule has 0 aromatic carbocycles. The average Bonchev–Trinajstić information content (AvgIpc) is 2.30. The Kier molecular flexibility index (Phi) is 4.03. The van der Waals surface area contributed by atoms with Crippen LogP contribution in [0, 0.1) is 0 Å². The summed E-state index contributed by atoms with van der Waals surface area (Å²) in [4.78, 5) is 6.58. The van der Waals surface area contributed by atoms with Crippen molar-refractivity contribution in [2.45, 2.75) is 25.3 Å². The van der Waals surface area contributed by atoms with E-state index in [4.69, 9.17) is 0 Å². The highest BCUT2D eigenvalue weighted by Crippen LogP contribution is 2.30. The molecule has 4 heteroatoms. The molecule has 0 aliphatic carbocycles. The molecular weight excluding hydrogens is 320 g/mol. The van der Waals surface area contributed by atoms with Crippen molar-refractivity contribution in [1.82, 2.24) is 4.98 Å². The highest BCUT2D eigenvalue weighted by atomic mass is 79.9. The normalized spacial score (nSPS) is 21.7. The lowest BCUT2D eigenvalue weighted by atomic mass is 10.0. The van der Waals surface area contributed by atoms with Crippen molar-refractivity contribution in [2.24, 2.45) is 0 Å². The van der Waals surface area contributed by atoms with Crippen molar-refractivity contribution in [3.63, 3.8) is 0 Å². The summed E-state index contributed by atoms with van der Waals surface area (Å²) in [5.41, 5.74) is 1.27. The lowest BCUT2D eigenvalue weighted by molar-refractivity contribution is 0.490. The number of halogens is 2. The SMILES string of the molecule is BrCC1CCCCN1c1ccncc1Br. The average molecular weight is 334 g/mol. The van der Waals surface area contributed by atoms with Gasteiger partial charge in [0.25, 0.3) is 0 Å². The van der Waals surface area contributed by atoms with Gasteiger partial charge in [-0.25, -0.2) is 0 Å². The van der Waals surface area contributed by atoms with Gasteiger partial charge < -0.3 is 4.90 Å². The summed E-state index contributed by atoms with van der Waals surface area (Å²) < 4.78 is 1.10. The zero-order valence-corrected chi connectivity index (χ0v) is 11.7. The van der Waals surface area contributed by atoms with Crippen LogP contribution in [0.25, 0.3) is 0 Å². The number of alkyl halides is 1. The maximum absolute atomic E-state index is 4.11. The molecule has 82 valence electrons. The summed E-state index contributed by atoms with van der Waals surface area (Å²) in [5, 5.41) is 1.04. The summed E-state index contributed by atoms with van der Waals surface area (Å²) in [6.07, 6.45) is 7.64. The molecule has 1 fully saturated rings. The Hall–Kier alpha value is -0.0900. The largest absolute Gasteiger partial charge is 0.367 e. The molecule has 0 radical (unpaired) electrons. The van der Waals surface area contributed by atoms with E-state index in [0.29, 0.717) is 6.04 Å². The first-order valence-corrected chi connectivity index (χ1v) is 7.16. The van der Waals surface area contributed by atoms with Crippen molar-refractivity contribution >= 4 is 37.5 Å². The van der Waals surface area contributed by atoms with Gasteiger partial charge in [0.05, 0.1) is 10.2 Å². The molecule has 0 N–H and O–H groups in total. The summed E-state index contributed by atoms with van der Waals surface area (Å²) in [7, 11) is 0. The maximum Gasteiger partial charge on any atom is 0.0592 e. The molecule has 1 saturated heterocycles. The minimum atomic E-state index is 0.623. The Bertz CT molecular complexity index is 330. The van der Waals surface area contributed by atoms with Gasteiger partial charge in [-0.3, -0.25) is 4.98 Å². The van der Waals surface area contributed by atoms with Crippen LogP contribution in [0.1, 0.15) is 19.3 Å². The number of pyridine rings is 1. The second-order valence-electron chi connectivity index (χ2n) is 3.82. The Labute approximate surface area is 107 Å². The van der Waals surface area contributed by atoms with Crippen molar-refractivity contribution in [3.8, 4) is 0 Å². The summed E-state index contributed by atoms with van der Waals surface area (Å²) >= 11 is 7.17. The third kappa shape index (κ3) is 2.53. The van der Waals surface area contributed by atoms with Gasteiger partial charge in [0.15, 0.2) is 0 Å². The van der Waals surface area contributed by atoms with Crippen LogP contribution in [-0.2, 0) is 0 Å². The molecule has 2 rings (SSSR count). The fraction of sp³-hybridized carbons (Fsp3) is 0.545. The molecule has 2 heterocycles. The van der Waals surface area contributed by atoms with Crippen molar-refractivity contribution in [1.29, 1.82) is 0 Å². The fourth-order valence-corrected chi connectivity index (χ4v) is 3.23. The summed E-state index contributed by atoms with van der Waals surface area (Å²) in [6, 6.07) is 2.71. The molecule has 15 heavy (non-hydrogen) atoms. The lowest BCUT2D eigenvalue weighted by Crippen LogP contribution is -2.40. The second-order valence-corrected chi connectivity index (χ2v) is 5.33. The Balaban J connectivity index is 2.24. The van der Waals surface area contributed by atoms with Crippen LogP contribution in [0.4, 0.5) is 5.69 Å². The topological polar surface area (TPSA) is 16.1 Å². The number of aromatic nitrogens is 1. The van der Waals surface area contributed by atoms with Crippen LogP contribution < -0.4 is 4.90 Å². The van der Waals surface area contributed by atoms with E-state index in [9.17, 15) is 0 Å². The Morgan fingerprint density at radius 1 is 1.47 bits per heavy atom. The molecule has 1 aliphatic rings. The highest BCUT2D eigenvalue weighted by Gasteiger charge is 2.22. The highest BCUT2D eigenvalue weighted by molar-refractivity contribution is 9.10. The van der Waals surface area contributed by atoms with Gasteiger partial charge in [0, 0.05) is 30.3 Å². The van der Waals surface area contributed by atoms with Crippen LogP contribution in [0.15, 0.2) is 22.9 Å². The minimum absolute atomic E-state index is 0.623. The molecular formula is C11H14Br2N2. The molecule has 1 aliphatic heterocycles. The number of anilines is 1.